The van der Waals surface area contributed by atoms with Crippen molar-refractivity contribution in [3.05, 3.63) is 35.4 Å². The van der Waals surface area contributed by atoms with Gasteiger partial charge in [-0.15, -0.1) is 0 Å². The average molecular weight is 218 g/mol. The van der Waals surface area contributed by atoms with Gasteiger partial charge >= 0.3 is 0 Å². The van der Waals surface area contributed by atoms with E-state index in [0.29, 0.717) is 12.0 Å². The minimum absolute atomic E-state index is 0.325. The number of nitrogens with one attached hydrogen (secondary N) is 1. The van der Waals surface area contributed by atoms with Gasteiger partial charge in [-0.2, -0.15) is 0 Å². The molecule has 16 heavy (non-hydrogen) atoms. The van der Waals surface area contributed by atoms with Gasteiger partial charge in [-0.25, -0.2) is 0 Å². The predicted molar refractivity (Wildman–Crippen MR) is 67.7 cm³/mol. The molecule has 1 aromatic carbocycles. The maximum atomic E-state index is 5.72. The maximum absolute atomic E-state index is 5.72. The van der Waals surface area contributed by atoms with Gasteiger partial charge in [0.15, 0.2) is 0 Å². The van der Waals surface area contributed by atoms with Gasteiger partial charge in [-0.3, -0.25) is 11.3 Å². The molecule has 3 unspecified atom stereocenters. The molecule has 2 heteroatoms. The monoisotopic (exact) mass is 218 g/mol. The summed E-state index contributed by atoms with van der Waals surface area (Å²) in [4.78, 5) is 0. The van der Waals surface area contributed by atoms with Crippen LogP contribution in [0.15, 0.2) is 24.3 Å². The van der Waals surface area contributed by atoms with Crippen molar-refractivity contribution in [2.75, 3.05) is 0 Å². The van der Waals surface area contributed by atoms with Gasteiger partial charge in [0.25, 0.3) is 0 Å². The number of benzene rings is 1. The van der Waals surface area contributed by atoms with Crippen LogP contribution in [0.5, 0.6) is 0 Å². The second-order valence-corrected chi connectivity index (χ2v) is 5.23. The number of aryl methyl sites for hydroxylation is 1. The summed E-state index contributed by atoms with van der Waals surface area (Å²) in [5, 5.41) is 0. The molecule has 0 radical (unpaired) electrons. The summed E-state index contributed by atoms with van der Waals surface area (Å²) in [7, 11) is 0. The van der Waals surface area contributed by atoms with Crippen molar-refractivity contribution >= 4 is 0 Å². The van der Waals surface area contributed by atoms with Crippen LogP contribution >= 0.6 is 0 Å². The molecular weight excluding hydrogens is 196 g/mol. The van der Waals surface area contributed by atoms with Crippen molar-refractivity contribution in [1.82, 2.24) is 5.43 Å². The van der Waals surface area contributed by atoms with E-state index in [1.165, 1.54) is 30.4 Å². The first kappa shape index (κ1) is 11.6. The number of hydrazine groups is 1. The Morgan fingerprint density at radius 2 is 1.94 bits per heavy atom. The molecular formula is C14H22N2. The van der Waals surface area contributed by atoms with Gasteiger partial charge in [-0.1, -0.05) is 43.2 Å². The Bertz CT molecular complexity index is 331. The van der Waals surface area contributed by atoms with E-state index in [9.17, 15) is 0 Å². The molecule has 0 saturated heterocycles. The molecule has 0 amide bonds. The highest BCUT2D eigenvalue weighted by molar-refractivity contribution is 5.24. The number of rotatable bonds is 3. The lowest BCUT2D eigenvalue weighted by Crippen LogP contribution is -2.32. The molecule has 0 heterocycles. The lowest BCUT2D eigenvalue weighted by atomic mass is 9.91. The predicted octanol–water partition coefficient (Wildman–Crippen LogP) is 2.94. The molecule has 1 aliphatic rings. The molecule has 0 aliphatic heterocycles. The van der Waals surface area contributed by atoms with Gasteiger partial charge in [0, 0.05) is 6.04 Å². The van der Waals surface area contributed by atoms with E-state index in [-0.39, 0.29) is 0 Å². The van der Waals surface area contributed by atoms with Crippen LogP contribution in [-0.4, -0.2) is 0 Å². The molecule has 2 rings (SSSR count). The van der Waals surface area contributed by atoms with Crippen molar-refractivity contribution in [1.29, 1.82) is 0 Å². The van der Waals surface area contributed by atoms with Crippen LogP contribution < -0.4 is 11.3 Å². The zero-order valence-electron chi connectivity index (χ0n) is 10.2. The summed E-state index contributed by atoms with van der Waals surface area (Å²) >= 11 is 0. The quantitative estimate of drug-likeness (QED) is 0.604. The summed E-state index contributed by atoms with van der Waals surface area (Å²) in [5.41, 5.74) is 5.63. The number of nitrogens with two attached hydrogens (primary N) is 1. The highest BCUT2D eigenvalue weighted by Gasteiger charge is 2.28. The molecule has 1 aromatic rings. The van der Waals surface area contributed by atoms with E-state index >= 15 is 0 Å². The van der Waals surface area contributed by atoms with Crippen molar-refractivity contribution in [3.63, 3.8) is 0 Å². The third-order valence-electron chi connectivity index (χ3n) is 3.82. The number of hydrogen-bond donors (Lipinski definition) is 2. The second kappa shape index (κ2) is 4.98. The normalized spacial score (nSPS) is 26.9. The van der Waals surface area contributed by atoms with Crippen LogP contribution in [0, 0.1) is 18.8 Å². The van der Waals surface area contributed by atoms with E-state index in [1.807, 2.05) is 0 Å². The Hall–Kier alpha value is -0.860. The van der Waals surface area contributed by atoms with Gasteiger partial charge in [0.1, 0.15) is 0 Å². The minimum Gasteiger partial charge on any atom is -0.271 e. The van der Waals surface area contributed by atoms with E-state index in [0.717, 1.165) is 5.92 Å². The summed E-state index contributed by atoms with van der Waals surface area (Å²) in [6.07, 6.45) is 3.93. The summed E-state index contributed by atoms with van der Waals surface area (Å²) in [5.74, 6) is 7.27. The van der Waals surface area contributed by atoms with Gasteiger partial charge in [0.05, 0.1) is 0 Å². The Balaban J connectivity index is 2.13. The first-order valence-corrected chi connectivity index (χ1v) is 6.23. The summed E-state index contributed by atoms with van der Waals surface area (Å²) in [6, 6.07) is 9.05. The molecule has 88 valence electrons. The third-order valence-corrected chi connectivity index (χ3v) is 3.82. The SMILES string of the molecule is Cc1ccc(C(NN)C2CCC(C)C2)cc1. The largest absolute Gasteiger partial charge is 0.271 e. The van der Waals surface area contributed by atoms with Crippen molar-refractivity contribution < 1.29 is 0 Å². The van der Waals surface area contributed by atoms with Crippen LogP contribution in [0.3, 0.4) is 0 Å². The van der Waals surface area contributed by atoms with E-state index in [1.54, 1.807) is 0 Å². The van der Waals surface area contributed by atoms with Crippen LogP contribution in [-0.2, 0) is 0 Å². The highest BCUT2D eigenvalue weighted by Crippen LogP contribution is 2.38. The van der Waals surface area contributed by atoms with Crippen LogP contribution in [0.25, 0.3) is 0 Å². The van der Waals surface area contributed by atoms with E-state index < -0.39 is 0 Å². The second-order valence-electron chi connectivity index (χ2n) is 5.23. The van der Waals surface area contributed by atoms with E-state index in [2.05, 4.69) is 43.5 Å². The van der Waals surface area contributed by atoms with Crippen LogP contribution in [0.4, 0.5) is 0 Å². The Labute approximate surface area is 98.2 Å². The molecule has 1 saturated carbocycles. The zero-order chi connectivity index (χ0) is 11.5. The van der Waals surface area contributed by atoms with Crippen LogP contribution in [0.2, 0.25) is 0 Å². The fraction of sp³-hybridized carbons (Fsp3) is 0.571. The number of hydrogen-bond acceptors (Lipinski definition) is 2. The summed E-state index contributed by atoms with van der Waals surface area (Å²) in [6.45, 7) is 4.45. The fourth-order valence-corrected chi connectivity index (χ4v) is 2.83. The lowest BCUT2D eigenvalue weighted by molar-refractivity contribution is 0.364. The first-order chi connectivity index (χ1) is 7.70. The molecule has 0 bridgehead atoms. The zero-order valence-corrected chi connectivity index (χ0v) is 10.2. The van der Waals surface area contributed by atoms with Crippen LogP contribution in [0.1, 0.15) is 43.4 Å². The molecule has 2 nitrogen and oxygen atoms in total. The first-order valence-electron chi connectivity index (χ1n) is 6.23. The van der Waals surface area contributed by atoms with Crippen molar-refractivity contribution in [3.8, 4) is 0 Å². The molecule has 1 fully saturated rings. The van der Waals surface area contributed by atoms with Gasteiger partial charge < -0.3 is 0 Å². The third kappa shape index (κ3) is 2.45. The van der Waals surface area contributed by atoms with Gasteiger partial charge in [0.2, 0.25) is 0 Å². The molecule has 0 spiro atoms. The van der Waals surface area contributed by atoms with E-state index in [4.69, 9.17) is 5.84 Å². The maximum Gasteiger partial charge on any atom is 0.0488 e. The topological polar surface area (TPSA) is 38.0 Å². The smallest absolute Gasteiger partial charge is 0.0488 e. The highest BCUT2D eigenvalue weighted by atomic mass is 15.2. The van der Waals surface area contributed by atoms with Gasteiger partial charge in [-0.05, 0) is 37.2 Å². The fourth-order valence-electron chi connectivity index (χ4n) is 2.83. The van der Waals surface area contributed by atoms with Crippen molar-refractivity contribution in [2.24, 2.45) is 17.7 Å². The molecule has 3 atom stereocenters. The average Bonchev–Trinajstić information content (AvgIpc) is 2.69. The Morgan fingerprint density at radius 3 is 2.44 bits per heavy atom. The van der Waals surface area contributed by atoms with Crippen molar-refractivity contribution in [2.45, 2.75) is 39.2 Å². The Kier molecular flexibility index (Phi) is 3.62. The molecule has 3 N–H and O–H groups in total. The standard InChI is InChI=1S/C14H22N2/c1-10-3-6-12(7-4-10)14(16-15)13-8-5-11(2)9-13/h3-4,6-7,11,13-14,16H,5,8-9,15H2,1-2H3. The molecule has 0 aromatic heterocycles. The minimum atomic E-state index is 0.325. The Morgan fingerprint density at radius 1 is 1.25 bits per heavy atom. The molecule has 1 aliphatic carbocycles. The summed E-state index contributed by atoms with van der Waals surface area (Å²) < 4.78 is 0. The lowest BCUT2D eigenvalue weighted by Gasteiger charge is -2.23.